The lowest BCUT2D eigenvalue weighted by molar-refractivity contribution is -0.145. The van der Waals surface area contributed by atoms with E-state index >= 15 is 0 Å². The standard InChI is InChI=1S/C14H15NO3S/c1-9(2)8-19(17,18)15-13-11-6-4-3-5-10(11)7-12(13)14(15)16/h3-6,12-13H,1,7-8H2,2H3. The summed E-state index contributed by atoms with van der Waals surface area (Å²) in [5.74, 6) is -0.635. The smallest absolute Gasteiger partial charge is 0.242 e. The number of rotatable bonds is 3. The lowest BCUT2D eigenvalue weighted by Gasteiger charge is -2.42. The maximum absolute atomic E-state index is 12.2. The Hall–Kier alpha value is -1.62. The van der Waals surface area contributed by atoms with Gasteiger partial charge in [-0.15, -0.1) is 0 Å². The van der Waals surface area contributed by atoms with Crippen LogP contribution in [0.3, 0.4) is 0 Å². The molecule has 0 bridgehead atoms. The predicted octanol–water partition coefficient (Wildman–Crippen LogP) is 1.65. The Balaban J connectivity index is 1.99. The van der Waals surface area contributed by atoms with Gasteiger partial charge in [0.05, 0.1) is 17.7 Å². The molecule has 1 aliphatic heterocycles. The van der Waals surface area contributed by atoms with E-state index in [-0.39, 0.29) is 23.6 Å². The molecule has 2 unspecified atom stereocenters. The van der Waals surface area contributed by atoms with Crippen molar-refractivity contribution < 1.29 is 13.2 Å². The van der Waals surface area contributed by atoms with Crippen LogP contribution in [0.5, 0.6) is 0 Å². The van der Waals surface area contributed by atoms with Crippen LogP contribution in [0.15, 0.2) is 36.4 Å². The summed E-state index contributed by atoms with van der Waals surface area (Å²) in [6, 6.07) is 7.38. The largest absolute Gasteiger partial charge is 0.273 e. The molecule has 1 amide bonds. The second kappa shape index (κ2) is 3.93. The maximum atomic E-state index is 12.2. The monoisotopic (exact) mass is 277 g/mol. The van der Waals surface area contributed by atoms with Crippen molar-refractivity contribution in [2.75, 3.05) is 5.75 Å². The molecule has 3 rings (SSSR count). The van der Waals surface area contributed by atoms with Crippen molar-refractivity contribution in [2.45, 2.75) is 19.4 Å². The summed E-state index contributed by atoms with van der Waals surface area (Å²) < 4.78 is 25.5. The van der Waals surface area contributed by atoms with Crippen molar-refractivity contribution in [3.63, 3.8) is 0 Å². The summed E-state index contributed by atoms with van der Waals surface area (Å²) in [4.78, 5) is 12.1. The number of sulfonamides is 1. The number of carbonyl (C=O) groups is 1. The number of hydrogen-bond donors (Lipinski definition) is 0. The summed E-state index contributed by atoms with van der Waals surface area (Å²) in [5.41, 5.74) is 2.60. The molecular weight excluding hydrogens is 262 g/mol. The van der Waals surface area contributed by atoms with Crippen LogP contribution < -0.4 is 0 Å². The minimum absolute atomic E-state index is 0.163. The molecule has 0 spiro atoms. The first kappa shape index (κ1) is 12.4. The Morgan fingerprint density at radius 2 is 2.11 bits per heavy atom. The Bertz CT molecular complexity index is 678. The first-order valence-corrected chi connectivity index (χ1v) is 7.81. The number of amides is 1. The number of carbonyl (C=O) groups excluding carboxylic acids is 1. The van der Waals surface area contributed by atoms with E-state index in [4.69, 9.17) is 0 Å². The summed E-state index contributed by atoms with van der Waals surface area (Å²) in [5, 5.41) is 0. The van der Waals surface area contributed by atoms with Gasteiger partial charge in [-0.1, -0.05) is 36.4 Å². The number of nitrogens with zero attached hydrogens (tertiary/aromatic N) is 1. The van der Waals surface area contributed by atoms with Crippen LogP contribution >= 0.6 is 0 Å². The summed E-state index contributed by atoms with van der Waals surface area (Å²) >= 11 is 0. The number of fused-ring (bicyclic) bond motifs is 3. The third-order valence-corrected chi connectivity index (χ3v) is 5.57. The molecule has 0 saturated carbocycles. The van der Waals surface area contributed by atoms with Crippen molar-refractivity contribution in [3.8, 4) is 0 Å². The third kappa shape index (κ3) is 1.72. The van der Waals surface area contributed by atoms with Crippen molar-refractivity contribution >= 4 is 15.9 Å². The lowest BCUT2D eigenvalue weighted by atomic mass is 9.91. The van der Waals surface area contributed by atoms with E-state index in [1.807, 2.05) is 24.3 Å². The quantitative estimate of drug-likeness (QED) is 0.623. The van der Waals surface area contributed by atoms with Gasteiger partial charge in [0.15, 0.2) is 0 Å². The SMILES string of the molecule is C=C(C)CS(=O)(=O)N1C(=O)C2Cc3ccccc3C21. The zero-order valence-electron chi connectivity index (χ0n) is 10.7. The Labute approximate surface area is 112 Å². The van der Waals surface area contributed by atoms with Crippen LogP contribution in [0.4, 0.5) is 0 Å². The van der Waals surface area contributed by atoms with E-state index in [1.54, 1.807) is 6.92 Å². The minimum atomic E-state index is -3.58. The molecule has 100 valence electrons. The summed E-state index contributed by atoms with van der Waals surface area (Å²) in [7, 11) is -3.58. The molecule has 1 heterocycles. The van der Waals surface area contributed by atoms with E-state index in [0.29, 0.717) is 12.0 Å². The lowest BCUT2D eigenvalue weighted by Crippen LogP contribution is -2.56. The number of β-lactam (4-membered cyclic amide) rings is 1. The first-order valence-electron chi connectivity index (χ1n) is 6.20. The highest BCUT2D eigenvalue weighted by Gasteiger charge is 2.57. The highest BCUT2D eigenvalue weighted by Crippen LogP contribution is 2.50. The van der Waals surface area contributed by atoms with E-state index in [9.17, 15) is 13.2 Å². The summed E-state index contributed by atoms with van der Waals surface area (Å²) in [6.45, 7) is 5.27. The topological polar surface area (TPSA) is 54.5 Å². The van der Waals surface area contributed by atoms with Crippen LogP contribution in [-0.4, -0.2) is 24.4 Å². The van der Waals surface area contributed by atoms with Crippen LogP contribution in [0.2, 0.25) is 0 Å². The van der Waals surface area contributed by atoms with Gasteiger partial charge in [-0.05, 0) is 24.5 Å². The Morgan fingerprint density at radius 3 is 2.79 bits per heavy atom. The molecule has 2 aliphatic rings. The number of benzene rings is 1. The van der Waals surface area contributed by atoms with Crippen molar-refractivity contribution in [3.05, 3.63) is 47.5 Å². The highest BCUT2D eigenvalue weighted by molar-refractivity contribution is 7.89. The molecule has 1 fully saturated rings. The van der Waals surface area contributed by atoms with Crippen LogP contribution in [0, 0.1) is 5.92 Å². The molecule has 0 N–H and O–H groups in total. The van der Waals surface area contributed by atoms with E-state index in [0.717, 1.165) is 15.4 Å². The molecule has 4 nitrogen and oxygen atoms in total. The van der Waals surface area contributed by atoms with Gasteiger partial charge in [-0.2, -0.15) is 0 Å². The molecule has 0 aromatic heterocycles. The molecule has 2 atom stereocenters. The Kier molecular flexibility index (Phi) is 2.57. The maximum Gasteiger partial charge on any atom is 0.242 e. The van der Waals surface area contributed by atoms with Gasteiger partial charge in [0.1, 0.15) is 0 Å². The molecule has 1 aromatic carbocycles. The fourth-order valence-electron chi connectivity index (χ4n) is 3.00. The first-order chi connectivity index (χ1) is 8.92. The van der Waals surface area contributed by atoms with Crippen molar-refractivity contribution in [2.24, 2.45) is 5.92 Å². The average Bonchev–Trinajstić information content (AvgIpc) is 2.62. The fourth-order valence-corrected chi connectivity index (χ4v) is 4.77. The zero-order chi connectivity index (χ0) is 13.8. The molecule has 1 aromatic rings. The van der Waals surface area contributed by atoms with Gasteiger partial charge in [0, 0.05) is 0 Å². The van der Waals surface area contributed by atoms with E-state index in [2.05, 4.69) is 6.58 Å². The second-order valence-corrected chi connectivity index (χ2v) is 7.15. The molecule has 1 aliphatic carbocycles. The molecule has 19 heavy (non-hydrogen) atoms. The zero-order valence-corrected chi connectivity index (χ0v) is 11.5. The van der Waals surface area contributed by atoms with Crippen LogP contribution in [0.1, 0.15) is 24.1 Å². The second-order valence-electron chi connectivity index (χ2n) is 5.30. The Morgan fingerprint density at radius 1 is 1.42 bits per heavy atom. The van der Waals surface area contributed by atoms with Crippen LogP contribution in [0.25, 0.3) is 0 Å². The summed E-state index contributed by atoms with van der Waals surface area (Å²) in [6.07, 6.45) is 0.652. The third-order valence-electron chi connectivity index (χ3n) is 3.71. The fraction of sp³-hybridized carbons (Fsp3) is 0.357. The van der Waals surface area contributed by atoms with E-state index < -0.39 is 10.0 Å². The average molecular weight is 277 g/mol. The minimum Gasteiger partial charge on any atom is -0.273 e. The molecule has 1 saturated heterocycles. The van der Waals surface area contributed by atoms with Gasteiger partial charge in [0.2, 0.25) is 15.9 Å². The predicted molar refractivity (Wildman–Crippen MR) is 71.8 cm³/mol. The van der Waals surface area contributed by atoms with Crippen molar-refractivity contribution in [1.82, 2.24) is 4.31 Å². The molecule has 0 radical (unpaired) electrons. The molecular formula is C14H15NO3S. The highest BCUT2D eigenvalue weighted by atomic mass is 32.2. The number of hydrogen-bond acceptors (Lipinski definition) is 3. The van der Waals surface area contributed by atoms with Gasteiger partial charge in [0.25, 0.3) is 0 Å². The normalized spacial score (nSPS) is 24.7. The van der Waals surface area contributed by atoms with Gasteiger partial charge in [-0.3, -0.25) is 4.79 Å². The molecule has 5 heteroatoms. The van der Waals surface area contributed by atoms with Gasteiger partial charge >= 0.3 is 0 Å². The van der Waals surface area contributed by atoms with Gasteiger partial charge in [-0.25, -0.2) is 12.7 Å². The van der Waals surface area contributed by atoms with Crippen LogP contribution in [-0.2, 0) is 21.2 Å². The van der Waals surface area contributed by atoms with Gasteiger partial charge < -0.3 is 0 Å². The van der Waals surface area contributed by atoms with E-state index in [1.165, 1.54) is 0 Å². The van der Waals surface area contributed by atoms with Crippen molar-refractivity contribution in [1.29, 1.82) is 0 Å².